The zero-order chi connectivity index (χ0) is 19.4. The fraction of sp³-hybridized carbons (Fsp3) is 0.176. The normalized spacial score (nSPS) is 10.6. The van der Waals surface area contributed by atoms with Crippen molar-refractivity contribution < 1.29 is 23.1 Å². The lowest BCUT2D eigenvalue weighted by Crippen LogP contribution is -2.14. The number of rotatable bonds is 6. The summed E-state index contributed by atoms with van der Waals surface area (Å²) in [5.74, 6) is -0.187. The van der Waals surface area contributed by atoms with Gasteiger partial charge in [-0.3, -0.25) is 14.8 Å². The van der Waals surface area contributed by atoms with Gasteiger partial charge in [-0.1, -0.05) is 17.7 Å². The molecule has 1 amide bonds. The number of carbonyl (C=O) groups excluding carboxylic acids is 2. The van der Waals surface area contributed by atoms with E-state index in [0.717, 1.165) is 6.07 Å². The van der Waals surface area contributed by atoms with Crippen molar-refractivity contribution in [1.29, 1.82) is 0 Å². The van der Waals surface area contributed by atoms with Crippen molar-refractivity contribution in [2.75, 3.05) is 5.32 Å². The highest BCUT2D eigenvalue weighted by atomic mass is 35.5. The van der Waals surface area contributed by atoms with Crippen LogP contribution in [-0.4, -0.2) is 26.6 Å². The van der Waals surface area contributed by atoms with Gasteiger partial charge in [0.05, 0.1) is 5.02 Å². The molecule has 2 heterocycles. The van der Waals surface area contributed by atoms with Gasteiger partial charge in [0.15, 0.2) is 11.6 Å². The summed E-state index contributed by atoms with van der Waals surface area (Å²) in [5.41, 5.74) is 0.803. The molecule has 10 heteroatoms. The third-order valence-corrected chi connectivity index (χ3v) is 3.81. The fourth-order valence-corrected chi connectivity index (χ4v) is 2.36. The standard InChI is InChI=1S/C17H14ClFN4O4/c1-10(24)14-4-5-23(22-14)7-16-20-15(9-26-16)21-17(25)27-8-11-2-3-12(19)6-13(11)18/h2-6,9H,7-8H2,1H3,(H,21,25). The monoisotopic (exact) mass is 392 g/mol. The minimum atomic E-state index is -0.770. The molecule has 0 atom stereocenters. The van der Waals surface area contributed by atoms with Crippen LogP contribution in [0, 0.1) is 5.82 Å². The zero-order valence-electron chi connectivity index (χ0n) is 14.1. The first kappa shape index (κ1) is 18.6. The van der Waals surface area contributed by atoms with Crippen LogP contribution in [0.15, 0.2) is 41.1 Å². The van der Waals surface area contributed by atoms with Crippen LogP contribution < -0.4 is 5.32 Å². The van der Waals surface area contributed by atoms with Crippen molar-refractivity contribution in [1.82, 2.24) is 14.8 Å². The molecule has 2 aromatic heterocycles. The number of ether oxygens (including phenoxy) is 1. The number of ketones is 1. The van der Waals surface area contributed by atoms with E-state index in [9.17, 15) is 14.0 Å². The Morgan fingerprint density at radius 2 is 2.19 bits per heavy atom. The van der Waals surface area contributed by atoms with Crippen LogP contribution in [0.4, 0.5) is 15.0 Å². The predicted octanol–water partition coefficient (Wildman–Crippen LogP) is 3.66. The number of benzene rings is 1. The molecule has 27 heavy (non-hydrogen) atoms. The Hall–Kier alpha value is -3.20. The summed E-state index contributed by atoms with van der Waals surface area (Å²) >= 11 is 5.87. The van der Waals surface area contributed by atoms with Gasteiger partial charge in [0.25, 0.3) is 0 Å². The number of halogens is 2. The summed E-state index contributed by atoms with van der Waals surface area (Å²) < 4.78 is 24.7. The number of nitrogens with one attached hydrogen (secondary N) is 1. The minimum Gasteiger partial charge on any atom is -0.445 e. The second-order valence-corrected chi connectivity index (χ2v) is 5.93. The number of oxazole rings is 1. The summed E-state index contributed by atoms with van der Waals surface area (Å²) in [4.78, 5) is 27.1. The van der Waals surface area contributed by atoms with E-state index in [1.807, 2.05) is 0 Å². The van der Waals surface area contributed by atoms with Crippen LogP contribution in [0.1, 0.15) is 28.9 Å². The highest BCUT2D eigenvalue weighted by Crippen LogP contribution is 2.18. The first-order chi connectivity index (χ1) is 12.9. The van der Waals surface area contributed by atoms with E-state index < -0.39 is 11.9 Å². The third kappa shape index (κ3) is 4.91. The summed E-state index contributed by atoms with van der Waals surface area (Å²) in [6.45, 7) is 1.48. The molecule has 0 saturated carbocycles. The second-order valence-electron chi connectivity index (χ2n) is 5.52. The molecule has 0 aliphatic heterocycles. The van der Waals surface area contributed by atoms with Crippen LogP contribution in [0.25, 0.3) is 0 Å². The van der Waals surface area contributed by atoms with E-state index in [0.29, 0.717) is 11.3 Å². The van der Waals surface area contributed by atoms with Crippen molar-refractivity contribution in [3.05, 3.63) is 64.7 Å². The van der Waals surface area contributed by atoms with Gasteiger partial charge in [-0.25, -0.2) is 9.18 Å². The second kappa shape index (κ2) is 8.00. The van der Waals surface area contributed by atoms with Gasteiger partial charge in [-0.15, -0.1) is 0 Å². The van der Waals surface area contributed by atoms with Gasteiger partial charge in [-0.2, -0.15) is 10.1 Å². The Bertz CT molecular complexity index is 985. The molecule has 0 saturated heterocycles. The lowest BCUT2D eigenvalue weighted by atomic mass is 10.2. The topological polar surface area (TPSA) is 99.2 Å². The molecule has 0 aliphatic rings. The molecule has 0 radical (unpaired) electrons. The number of hydrogen-bond donors (Lipinski definition) is 1. The van der Waals surface area contributed by atoms with Crippen molar-refractivity contribution >= 4 is 29.3 Å². The summed E-state index contributed by atoms with van der Waals surface area (Å²) in [6.07, 6.45) is 2.10. The van der Waals surface area contributed by atoms with E-state index >= 15 is 0 Å². The molecule has 140 valence electrons. The molecule has 0 unspecified atom stereocenters. The predicted molar refractivity (Wildman–Crippen MR) is 93.1 cm³/mol. The molecular formula is C17H14ClFN4O4. The average Bonchev–Trinajstić information content (AvgIpc) is 3.24. The Morgan fingerprint density at radius 3 is 2.89 bits per heavy atom. The van der Waals surface area contributed by atoms with Gasteiger partial charge < -0.3 is 9.15 Å². The Labute approximate surface area is 157 Å². The Morgan fingerprint density at radius 1 is 1.37 bits per heavy atom. The molecule has 1 aromatic carbocycles. The van der Waals surface area contributed by atoms with Crippen molar-refractivity contribution in [2.24, 2.45) is 0 Å². The van der Waals surface area contributed by atoms with Gasteiger partial charge >= 0.3 is 6.09 Å². The smallest absolute Gasteiger partial charge is 0.413 e. The van der Waals surface area contributed by atoms with Crippen molar-refractivity contribution in [2.45, 2.75) is 20.1 Å². The summed E-state index contributed by atoms with van der Waals surface area (Å²) in [5, 5.41) is 6.64. The van der Waals surface area contributed by atoms with E-state index in [2.05, 4.69) is 15.4 Å². The van der Waals surface area contributed by atoms with Gasteiger partial charge in [0.2, 0.25) is 5.89 Å². The maximum atomic E-state index is 13.0. The lowest BCUT2D eigenvalue weighted by molar-refractivity contribution is 0.101. The van der Waals surface area contributed by atoms with E-state index in [4.69, 9.17) is 20.8 Å². The molecule has 0 aliphatic carbocycles. The quantitative estimate of drug-likeness (QED) is 0.642. The number of Topliss-reactive ketones (excluding diaryl/α,β-unsaturated/α-hetero) is 1. The van der Waals surface area contributed by atoms with Crippen molar-refractivity contribution in [3.8, 4) is 0 Å². The fourth-order valence-electron chi connectivity index (χ4n) is 2.14. The number of hydrogen-bond acceptors (Lipinski definition) is 6. The largest absolute Gasteiger partial charge is 0.445 e. The first-order valence-corrected chi connectivity index (χ1v) is 8.15. The third-order valence-electron chi connectivity index (χ3n) is 3.45. The highest BCUT2D eigenvalue weighted by Gasteiger charge is 2.12. The molecule has 0 fully saturated rings. The lowest BCUT2D eigenvalue weighted by Gasteiger charge is -2.06. The molecular weight excluding hydrogens is 379 g/mol. The first-order valence-electron chi connectivity index (χ1n) is 7.77. The number of amides is 1. The van der Waals surface area contributed by atoms with Crippen LogP contribution in [-0.2, 0) is 17.9 Å². The number of carbonyl (C=O) groups is 2. The molecule has 0 bridgehead atoms. The van der Waals surface area contributed by atoms with Crippen LogP contribution in [0.5, 0.6) is 0 Å². The molecule has 0 spiro atoms. The Kier molecular flexibility index (Phi) is 5.51. The summed E-state index contributed by atoms with van der Waals surface area (Å²) in [6, 6.07) is 5.37. The van der Waals surface area contributed by atoms with E-state index in [-0.39, 0.29) is 35.7 Å². The highest BCUT2D eigenvalue weighted by molar-refractivity contribution is 6.31. The Balaban J connectivity index is 1.53. The molecule has 3 aromatic rings. The van der Waals surface area contributed by atoms with Gasteiger partial charge in [0, 0.05) is 18.7 Å². The van der Waals surface area contributed by atoms with E-state index in [1.54, 1.807) is 12.3 Å². The van der Waals surface area contributed by atoms with E-state index in [1.165, 1.54) is 30.0 Å². The molecule has 3 rings (SSSR count). The number of nitrogens with zero attached hydrogens (tertiary/aromatic N) is 3. The van der Waals surface area contributed by atoms with Crippen molar-refractivity contribution in [3.63, 3.8) is 0 Å². The van der Waals surface area contributed by atoms with Crippen LogP contribution in [0.3, 0.4) is 0 Å². The molecule has 1 N–H and O–H groups in total. The maximum absolute atomic E-state index is 13.0. The number of anilines is 1. The average molecular weight is 393 g/mol. The van der Waals surface area contributed by atoms with Gasteiger partial charge in [-0.05, 0) is 18.2 Å². The van der Waals surface area contributed by atoms with Crippen LogP contribution >= 0.6 is 11.6 Å². The van der Waals surface area contributed by atoms with Gasteiger partial charge in [0.1, 0.15) is 30.9 Å². The maximum Gasteiger partial charge on any atom is 0.413 e. The molecule has 8 nitrogen and oxygen atoms in total. The van der Waals surface area contributed by atoms with Crippen LogP contribution in [0.2, 0.25) is 5.02 Å². The zero-order valence-corrected chi connectivity index (χ0v) is 14.9. The number of aromatic nitrogens is 3. The summed E-state index contributed by atoms with van der Waals surface area (Å²) in [7, 11) is 0. The SMILES string of the molecule is CC(=O)c1ccn(Cc2nc(NC(=O)OCc3ccc(F)cc3Cl)co2)n1. The minimum absolute atomic E-state index is 0.128.